The van der Waals surface area contributed by atoms with Gasteiger partial charge >= 0.3 is 6.09 Å². The molecule has 0 bridgehead atoms. The first-order valence-electron chi connectivity index (χ1n) is 14.2. The number of hydrogen-bond donors (Lipinski definition) is 3. The summed E-state index contributed by atoms with van der Waals surface area (Å²) < 4.78 is 5.39. The second-order valence-electron chi connectivity index (χ2n) is 11.6. The van der Waals surface area contributed by atoms with Crippen molar-refractivity contribution in [2.24, 2.45) is 5.73 Å². The Bertz CT molecular complexity index is 1430. The van der Waals surface area contributed by atoms with Gasteiger partial charge in [-0.05, 0) is 75.9 Å². The van der Waals surface area contributed by atoms with Crippen molar-refractivity contribution in [3.05, 3.63) is 77.4 Å². The van der Waals surface area contributed by atoms with E-state index in [1.807, 2.05) is 81.4 Å². The molecule has 4 N–H and O–H groups in total. The van der Waals surface area contributed by atoms with Gasteiger partial charge in [-0.3, -0.25) is 14.4 Å². The number of rotatable bonds is 11. The number of carbonyl (C=O) groups excluding carboxylic acids is 4. The lowest BCUT2D eigenvalue weighted by molar-refractivity contribution is -0.141. The third kappa shape index (κ3) is 9.06. The van der Waals surface area contributed by atoms with E-state index in [1.54, 1.807) is 20.8 Å². The van der Waals surface area contributed by atoms with Crippen molar-refractivity contribution in [2.75, 3.05) is 11.9 Å². The zero-order valence-corrected chi connectivity index (χ0v) is 25.3. The summed E-state index contributed by atoms with van der Waals surface area (Å²) in [6.07, 6.45) is -0.431. The maximum absolute atomic E-state index is 14.2. The predicted octanol–water partition coefficient (Wildman–Crippen LogP) is 5.53. The summed E-state index contributed by atoms with van der Waals surface area (Å²) in [6, 6.07) is 17.1. The van der Waals surface area contributed by atoms with Crippen LogP contribution in [0.1, 0.15) is 69.7 Å². The Labute approximate surface area is 247 Å². The number of alkyl carbamates (subject to hydrolysis) is 1. The van der Waals surface area contributed by atoms with E-state index in [1.165, 1.54) is 4.90 Å². The van der Waals surface area contributed by atoms with Crippen molar-refractivity contribution in [1.29, 1.82) is 0 Å². The third-order valence-corrected chi connectivity index (χ3v) is 6.55. The van der Waals surface area contributed by atoms with Gasteiger partial charge in [-0.1, -0.05) is 66.6 Å². The molecule has 42 heavy (non-hydrogen) atoms. The van der Waals surface area contributed by atoms with Crippen LogP contribution < -0.4 is 16.4 Å². The quantitative estimate of drug-likeness (QED) is 0.277. The molecule has 0 heterocycles. The van der Waals surface area contributed by atoms with Gasteiger partial charge in [-0.2, -0.15) is 0 Å². The Morgan fingerprint density at radius 2 is 1.57 bits per heavy atom. The SMILES string of the molecule is CCCN(C(=O)C(CCC(N)=O)NC(=O)OC(C)(C)C)C(C(=O)Nc1ccc2ccccc2c1)c1cc(C)cc(C)c1. The molecule has 0 spiro atoms. The van der Waals surface area contributed by atoms with Crippen molar-refractivity contribution < 1.29 is 23.9 Å². The van der Waals surface area contributed by atoms with Crippen molar-refractivity contribution in [2.45, 2.75) is 78.5 Å². The molecule has 0 saturated heterocycles. The van der Waals surface area contributed by atoms with Gasteiger partial charge in [-0.25, -0.2) is 4.79 Å². The van der Waals surface area contributed by atoms with Crippen molar-refractivity contribution in [1.82, 2.24) is 10.2 Å². The molecule has 0 aromatic heterocycles. The average Bonchev–Trinajstić information content (AvgIpc) is 2.88. The number of aryl methyl sites for hydroxylation is 2. The van der Waals surface area contributed by atoms with E-state index in [-0.39, 0.29) is 19.4 Å². The molecule has 0 aliphatic rings. The van der Waals surface area contributed by atoms with Gasteiger partial charge in [0.2, 0.25) is 11.8 Å². The first-order chi connectivity index (χ1) is 19.8. The molecule has 0 fully saturated rings. The maximum atomic E-state index is 14.2. The smallest absolute Gasteiger partial charge is 0.408 e. The number of nitrogens with one attached hydrogen (secondary N) is 2. The summed E-state index contributed by atoms with van der Waals surface area (Å²) in [4.78, 5) is 54.1. The van der Waals surface area contributed by atoms with Crippen LogP contribution in [0.4, 0.5) is 10.5 Å². The molecular formula is C33H42N4O5. The summed E-state index contributed by atoms with van der Waals surface area (Å²) in [7, 11) is 0. The fourth-order valence-electron chi connectivity index (χ4n) is 4.92. The first kappa shape index (κ1) is 32.1. The third-order valence-electron chi connectivity index (χ3n) is 6.55. The highest BCUT2D eigenvalue weighted by Crippen LogP contribution is 2.28. The molecule has 3 rings (SSSR count). The van der Waals surface area contributed by atoms with Crippen LogP contribution in [0.3, 0.4) is 0 Å². The number of hydrogen-bond acceptors (Lipinski definition) is 5. The van der Waals surface area contributed by atoms with E-state index < -0.39 is 41.5 Å². The number of primary amides is 1. The Hall–Kier alpha value is -4.40. The number of nitrogens with zero attached hydrogens (tertiary/aromatic N) is 1. The lowest BCUT2D eigenvalue weighted by atomic mass is 9.97. The van der Waals surface area contributed by atoms with E-state index in [9.17, 15) is 19.2 Å². The number of fused-ring (bicyclic) bond motifs is 1. The molecule has 4 amide bonds. The van der Waals surface area contributed by atoms with E-state index >= 15 is 0 Å². The minimum Gasteiger partial charge on any atom is -0.444 e. The molecule has 3 aromatic carbocycles. The molecule has 3 aromatic rings. The Balaban J connectivity index is 2.04. The summed E-state index contributed by atoms with van der Waals surface area (Å²) >= 11 is 0. The van der Waals surface area contributed by atoms with Crippen LogP contribution in [0, 0.1) is 13.8 Å². The molecule has 0 saturated carbocycles. The van der Waals surface area contributed by atoms with Gasteiger partial charge in [-0.15, -0.1) is 0 Å². The highest BCUT2D eigenvalue weighted by molar-refractivity contribution is 6.00. The monoisotopic (exact) mass is 574 g/mol. The van der Waals surface area contributed by atoms with Crippen molar-refractivity contribution >= 4 is 40.3 Å². The molecule has 0 radical (unpaired) electrons. The molecule has 2 unspecified atom stereocenters. The maximum Gasteiger partial charge on any atom is 0.408 e. The van der Waals surface area contributed by atoms with Crippen molar-refractivity contribution in [3.63, 3.8) is 0 Å². The highest BCUT2D eigenvalue weighted by Gasteiger charge is 2.36. The zero-order valence-electron chi connectivity index (χ0n) is 25.3. The Morgan fingerprint density at radius 3 is 2.17 bits per heavy atom. The zero-order chi connectivity index (χ0) is 31.0. The minimum atomic E-state index is -1.14. The number of amides is 4. The average molecular weight is 575 g/mol. The molecule has 0 aliphatic heterocycles. The van der Waals surface area contributed by atoms with Crippen LogP contribution in [0.2, 0.25) is 0 Å². The number of carbonyl (C=O) groups is 4. The van der Waals surface area contributed by atoms with Gasteiger partial charge in [0.1, 0.15) is 17.7 Å². The molecule has 9 nitrogen and oxygen atoms in total. The number of ether oxygens (including phenoxy) is 1. The predicted molar refractivity (Wildman–Crippen MR) is 165 cm³/mol. The van der Waals surface area contributed by atoms with Crippen LogP contribution in [-0.2, 0) is 19.1 Å². The van der Waals surface area contributed by atoms with E-state index in [4.69, 9.17) is 10.5 Å². The van der Waals surface area contributed by atoms with Crippen LogP contribution in [-0.4, -0.2) is 46.9 Å². The highest BCUT2D eigenvalue weighted by atomic mass is 16.6. The van der Waals surface area contributed by atoms with E-state index in [2.05, 4.69) is 10.6 Å². The lowest BCUT2D eigenvalue weighted by Gasteiger charge is -2.34. The van der Waals surface area contributed by atoms with Crippen LogP contribution in [0.15, 0.2) is 60.7 Å². The fourth-order valence-corrected chi connectivity index (χ4v) is 4.92. The van der Waals surface area contributed by atoms with Crippen LogP contribution in [0.5, 0.6) is 0 Å². The van der Waals surface area contributed by atoms with Gasteiger partial charge in [0.25, 0.3) is 5.91 Å². The van der Waals surface area contributed by atoms with Crippen molar-refractivity contribution in [3.8, 4) is 0 Å². The Kier molecular flexibility index (Phi) is 10.7. The topological polar surface area (TPSA) is 131 Å². The summed E-state index contributed by atoms with van der Waals surface area (Å²) in [5.41, 5.74) is 7.70. The molecule has 2 atom stereocenters. The standard InChI is InChI=1S/C33H42N4O5/c1-7-16-37(31(40)27(14-15-28(34)38)36-32(41)42-33(4,5)6)29(25-18-21(2)17-22(3)19-25)30(39)35-26-13-12-23-10-8-9-11-24(23)20-26/h8-13,17-20,27,29H,7,14-16H2,1-6H3,(H2,34,38)(H,35,39)(H,36,41). The molecule has 0 aliphatic carbocycles. The number of nitrogens with two attached hydrogens (primary N) is 1. The number of anilines is 1. The summed E-state index contributed by atoms with van der Waals surface area (Å²) in [5.74, 6) is -1.52. The molecular weight excluding hydrogens is 532 g/mol. The van der Waals surface area contributed by atoms with Gasteiger partial charge in [0, 0.05) is 18.7 Å². The van der Waals surface area contributed by atoms with Crippen LogP contribution in [0.25, 0.3) is 10.8 Å². The van der Waals surface area contributed by atoms with Gasteiger partial charge in [0.15, 0.2) is 0 Å². The van der Waals surface area contributed by atoms with Gasteiger partial charge < -0.3 is 26.0 Å². The van der Waals surface area contributed by atoms with E-state index in [0.717, 1.165) is 21.9 Å². The largest absolute Gasteiger partial charge is 0.444 e. The Morgan fingerprint density at radius 1 is 0.929 bits per heavy atom. The van der Waals surface area contributed by atoms with Gasteiger partial charge in [0.05, 0.1) is 0 Å². The summed E-state index contributed by atoms with van der Waals surface area (Å²) in [5, 5.41) is 7.62. The second kappa shape index (κ2) is 14.0. The molecule has 9 heteroatoms. The van der Waals surface area contributed by atoms with Crippen LogP contribution >= 0.6 is 0 Å². The first-order valence-corrected chi connectivity index (χ1v) is 14.2. The van der Waals surface area contributed by atoms with E-state index in [0.29, 0.717) is 17.7 Å². The fraction of sp³-hybridized carbons (Fsp3) is 0.394. The number of benzene rings is 3. The lowest BCUT2D eigenvalue weighted by Crippen LogP contribution is -2.52. The minimum absolute atomic E-state index is 0.0422. The molecule has 224 valence electrons. The summed E-state index contributed by atoms with van der Waals surface area (Å²) in [6.45, 7) is 11.1. The second-order valence-corrected chi connectivity index (χ2v) is 11.6. The normalized spacial score (nSPS) is 12.7.